The van der Waals surface area contributed by atoms with Crippen LogP contribution in [0.3, 0.4) is 0 Å². The van der Waals surface area contributed by atoms with Gasteiger partial charge in [-0.3, -0.25) is 0 Å². The smallest absolute Gasteiger partial charge is 0.354 e. The first kappa shape index (κ1) is 12.0. The van der Waals surface area contributed by atoms with Crippen LogP contribution in [0.15, 0.2) is 18.3 Å². The Kier molecular flexibility index (Phi) is 4.09. The molecule has 0 radical (unpaired) electrons. The van der Waals surface area contributed by atoms with Gasteiger partial charge in [0.25, 0.3) is 0 Å². The lowest BCUT2D eigenvalue weighted by Gasteiger charge is -2.10. The molecule has 1 N–H and O–H groups in total. The summed E-state index contributed by atoms with van der Waals surface area (Å²) in [6.07, 6.45) is 6.55. The van der Waals surface area contributed by atoms with Crippen LogP contribution in [-0.2, 0) is 11.3 Å². The van der Waals surface area contributed by atoms with Gasteiger partial charge in [0.1, 0.15) is 0 Å². The van der Waals surface area contributed by atoms with E-state index < -0.39 is 5.97 Å². The molecule has 4 heteroatoms. The third-order valence-electron chi connectivity index (χ3n) is 3.18. The van der Waals surface area contributed by atoms with Crippen molar-refractivity contribution in [2.24, 2.45) is 5.92 Å². The molecule has 1 heterocycles. The van der Waals surface area contributed by atoms with Crippen LogP contribution in [0.5, 0.6) is 0 Å². The predicted octanol–water partition coefficient (Wildman–Crippen LogP) is 2.49. The summed E-state index contributed by atoms with van der Waals surface area (Å²) in [5.74, 6) is -0.343. The number of pyridine rings is 1. The second-order valence-electron chi connectivity index (χ2n) is 4.48. The number of hydrogen-bond acceptors (Lipinski definition) is 3. The van der Waals surface area contributed by atoms with Gasteiger partial charge in [0.05, 0.1) is 6.61 Å². The van der Waals surface area contributed by atoms with Gasteiger partial charge in [-0.25, -0.2) is 9.78 Å². The number of aromatic nitrogens is 1. The lowest BCUT2D eigenvalue weighted by Crippen LogP contribution is -2.09. The highest BCUT2D eigenvalue weighted by atomic mass is 16.5. The number of nitrogens with zero attached hydrogens (tertiary/aromatic N) is 1. The first-order chi connectivity index (χ1) is 8.27. The van der Waals surface area contributed by atoms with Crippen molar-refractivity contribution in [2.75, 3.05) is 6.61 Å². The van der Waals surface area contributed by atoms with Crippen LogP contribution in [-0.4, -0.2) is 22.7 Å². The van der Waals surface area contributed by atoms with E-state index in [9.17, 15) is 4.79 Å². The van der Waals surface area contributed by atoms with Crippen molar-refractivity contribution in [3.05, 3.63) is 29.6 Å². The summed E-state index contributed by atoms with van der Waals surface area (Å²) >= 11 is 0. The van der Waals surface area contributed by atoms with Gasteiger partial charge in [0, 0.05) is 18.4 Å². The summed E-state index contributed by atoms with van der Waals surface area (Å²) in [4.78, 5) is 14.8. The molecule has 0 atom stereocenters. The molecule has 0 saturated heterocycles. The molecule has 1 fully saturated rings. The zero-order chi connectivity index (χ0) is 12.1. The van der Waals surface area contributed by atoms with Crippen molar-refractivity contribution in [2.45, 2.75) is 32.3 Å². The highest BCUT2D eigenvalue weighted by molar-refractivity contribution is 5.86. The first-order valence-corrected chi connectivity index (χ1v) is 6.02. The third-order valence-corrected chi connectivity index (χ3v) is 3.18. The summed E-state index contributed by atoms with van der Waals surface area (Å²) in [6.45, 7) is 1.07. The molecule has 0 amide bonds. The molecule has 17 heavy (non-hydrogen) atoms. The molecule has 1 aromatic rings. The average molecular weight is 235 g/mol. The second kappa shape index (κ2) is 5.77. The summed E-state index contributed by atoms with van der Waals surface area (Å²) < 4.78 is 5.59. The molecule has 1 aliphatic carbocycles. The number of aromatic carboxylic acids is 1. The normalized spacial score (nSPS) is 16.2. The van der Waals surface area contributed by atoms with Crippen LogP contribution in [0.2, 0.25) is 0 Å². The van der Waals surface area contributed by atoms with Crippen LogP contribution in [0.25, 0.3) is 0 Å². The Hall–Kier alpha value is -1.42. The van der Waals surface area contributed by atoms with Gasteiger partial charge in [-0.15, -0.1) is 0 Å². The molecule has 92 valence electrons. The minimum Gasteiger partial charge on any atom is -0.477 e. The molecule has 0 bridgehead atoms. The molecule has 0 unspecified atom stereocenters. The van der Waals surface area contributed by atoms with E-state index in [0.29, 0.717) is 18.1 Å². The molecular weight excluding hydrogens is 218 g/mol. The molecule has 2 rings (SSSR count). The SMILES string of the molecule is O=C(O)c1ncccc1COCC1CCCC1. The highest BCUT2D eigenvalue weighted by Gasteiger charge is 2.16. The van der Waals surface area contributed by atoms with Gasteiger partial charge in [-0.1, -0.05) is 18.9 Å². The Bertz CT molecular complexity index is 386. The fraction of sp³-hybridized carbons (Fsp3) is 0.538. The van der Waals surface area contributed by atoms with Gasteiger partial charge in [-0.2, -0.15) is 0 Å². The van der Waals surface area contributed by atoms with Crippen molar-refractivity contribution in [1.82, 2.24) is 4.98 Å². The molecular formula is C13H17NO3. The Balaban J connectivity index is 1.87. The summed E-state index contributed by atoms with van der Waals surface area (Å²) in [5, 5.41) is 8.96. The first-order valence-electron chi connectivity index (χ1n) is 6.02. The number of ether oxygens (including phenoxy) is 1. The minimum absolute atomic E-state index is 0.0962. The average Bonchev–Trinajstić information content (AvgIpc) is 2.82. The van der Waals surface area contributed by atoms with Crippen LogP contribution >= 0.6 is 0 Å². The maximum atomic E-state index is 10.9. The van der Waals surface area contributed by atoms with Gasteiger partial charge in [0.15, 0.2) is 5.69 Å². The Labute approximate surface area is 101 Å². The van der Waals surface area contributed by atoms with E-state index in [1.807, 2.05) is 0 Å². The highest BCUT2D eigenvalue weighted by Crippen LogP contribution is 2.25. The van der Waals surface area contributed by atoms with E-state index in [4.69, 9.17) is 9.84 Å². The van der Waals surface area contributed by atoms with Crippen molar-refractivity contribution in [3.8, 4) is 0 Å². The minimum atomic E-state index is -0.995. The predicted molar refractivity (Wildman–Crippen MR) is 62.8 cm³/mol. The number of carboxylic acid groups (broad SMARTS) is 1. The van der Waals surface area contributed by atoms with E-state index in [0.717, 1.165) is 6.61 Å². The Morgan fingerprint density at radius 1 is 1.47 bits per heavy atom. The van der Waals surface area contributed by atoms with Crippen LogP contribution in [0.4, 0.5) is 0 Å². The zero-order valence-corrected chi connectivity index (χ0v) is 9.76. The number of carbonyl (C=O) groups is 1. The Morgan fingerprint density at radius 3 is 2.94 bits per heavy atom. The molecule has 4 nitrogen and oxygen atoms in total. The third kappa shape index (κ3) is 3.27. The van der Waals surface area contributed by atoms with Crippen molar-refractivity contribution < 1.29 is 14.6 Å². The zero-order valence-electron chi connectivity index (χ0n) is 9.76. The maximum Gasteiger partial charge on any atom is 0.354 e. The fourth-order valence-corrected chi connectivity index (χ4v) is 2.26. The summed E-state index contributed by atoms with van der Waals surface area (Å²) in [7, 11) is 0. The monoisotopic (exact) mass is 235 g/mol. The number of hydrogen-bond donors (Lipinski definition) is 1. The molecule has 0 spiro atoms. The fourth-order valence-electron chi connectivity index (χ4n) is 2.26. The van der Waals surface area contributed by atoms with Crippen LogP contribution < -0.4 is 0 Å². The molecule has 1 aromatic heterocycles. The molecule has 1 aliphatic rings. The van der Waals surface area contributed by atoms with E-state index >= 15 is 0 Å². The standard InChI is InChI=1S/C13H17NO3/c15-13(16)12-11(6-3-7-14-12)9-17-8-10-4-1-2-5-10/h3,6-7,10H,1-2,4-5,8-9H2,(H,15,16). The topological polar surface area (TPSA) is 59.4 Å². The van der Waals surface area contributed by atoms with E-state index in [1.165, 1.54) is 31.9 Å². The second-order valence-corrected chi connectivity index (χ2v) is 4.48. The molecule has 1 saturated carbocycles. The summed E-state index contributed by atoms with van der Waals surface area (Å²) in [6, 6.07) is 3.49. The van der Waals surface area contributed by atoms with Crippen LogP contribution in [0, 0.1) is 5.92 Å². The van der Waals surface area contributed by atoms with E-state index in [2.05, 4.69) is 4.98 Å². The lowest BCUT2D eigenvalue weighted by molar-refractivity contribution is 0.0669. The van der Waals surface area contributed by atoms with Gasteiger partial charge < -0.3 is 9.84 Å². The largest absolute Gasteiger partial charge is 0.477 e. The van der Waals surface area contributed by atoms with E-state index in [1.54, 1.807) is 12.1 Å². The quantitative estimate of drug-likeness (QED) is 0.851. The maximum absolute atomic E-state index is 10.9. The number of carboxylic acids is 1. The van der Waals surface area contributed by atoms with Crippen molar-refractivity contribution in [3.63, 3.8) is 0 Å². The Morgan fingerprint density at radius 2 is 2.24 bits per heavy atom. The van der Waals surface area contributed by atoms with E-state index in [-0.39, 0.29) is 5.69 Å². The lowest BCUT2D eigenvalue weighted by atomic mass is 10.1. The van der Waals surface area contributed by atoms with Gasteiger partial charge >= 0.3 is 5.97 Å². The van der Waals surface area contributed by atoms with Gasteiger partial charge in [-0.05, 0) is 24.8 Å². The van der Waals surface area contributed by atoms with Crippen molar-refractivity contribution in [1.29, 1.82) is 0 Å². The molecule has 0 aliphatic heterocycles. The molecule has 0 aromatic carbocycles. The number of rotatable bonds is 5. The summed E-state index contributed by atoms with van der Waals surface area (Å²) in [5.41, 5.74) is 0.747. The van der Waals surface area contributed by atoms with Crippen LogP contribution in [0.1, 0.15) is 41.7 Å². The van der Waals surface area contributed by atoms with Crippen molar-refractivity contribution >= 4 is 5.97 Å². The van der Waals surface area contributed by atoms with Gasteiger partial charge in [0.2, 0.25) is 0 Å².